The van der Waals surface area contributed by atoms with E-state index in [1.165, 1.54) is 11.3 Å². The zero-order valence-electron chi connectivity index (χ0n) is 15.9. The molecule has 1 aliphatic heterocycles. The second kappa shape index (κ2) is 10.6. The van der Waals surface area contributed by atoms with Crippen molar-refractivity contribution in [3.05, 3.63) is 46.7 Å². The highest BCUT2D eigenvalue weighted by atomic mass is 32.1. The van der Waals surface area contributed by atoms with Gasteiger partial charge in [-0.05, 0) is 48.6 Å². The molecule has 1 aromatic carbocycles. The lowest BCUT2D eigenvalue weighted by Crippen LogP contribution is -2.35. The summed E-state index contributed by atoms with van der Waals surface area (Å²) in [5.74, 6) is -0.391. The SMILES string of the molecule is O=C(CCNC(=O)c1ccsc1)Nc1ccc(NC(=O)NCC2CCCO2)cc1. The van der Waals surface area contributed by atoms with Gasteiger partial charge in [0.25, 0.3) is 5.91 Å². The van der Waals surface area contributed by atoms with Gasteiger partial charge in [-0.2, -0.15) is 11.3 Å². The van der Waals surface area contributed by atoms with E-state index in [1.54, 1.807) is 35.7 Å². The van der Waals surface area contributed by atoms with Crippen LogP contribution in [0, 0.1) is 0 Å². The zero-order valence-corrected chi connectivity index (χ0v) is 16.7. The van der Waals surface area contributed by atoms with Crippen molar-refractivity contribution in [2.24, 2.45) is 0 Å². The van der Waals surface area contributed by atoms with Crippen LogP contribution in [0.3, 0.4) is 0 Å². The Bertz CT molecular complexity index is 818. The van der Waals surface area contributed by atoms with E-state index in [0.29, 0.717) is 23.5 Å². The fourth-order valence-corrected chi connectivity index (χ4v) is 3.47. The van der Waals surface area contributed by atoms with Crippen molar-refractivity contribution in [3.8, 4) is 0 Å². The lowest BCUT2D eigenvalue weighted by atomic mass is 10.2. The highest BCUT2D eigenvalue weighted by Crippen LogP contribution is 2.14. The summed E-state index contributed by atoms with van der Waals surface area (Å²) in [5, 5.41) is 14.6. The van der Waals surface area contributed by atoms with Crippen molar-refractivity contribution < 1.29 is 19.1 Å². The predicted molar refractivity (Wildman–Crippen MR) is 112 cm³/mol. The van der Waals surface area contributed by atoms with Crippen LogP contribution in [0.4, 0.5) is 16.2 Å². The fraction of sp³-hybridized carbons (Fsp3) is 0.350. The Hall–Kier alpha value is -2.91. The summed E-state index contributed by atoms with van der Waals surface area (Å²) in [4.78, 5) is 35.7. The van der Waals surface area contributed by atoms with Crippen LogP contribution in [0.2, 0.25) is 0 Å². The van der Waals surface area contributed by atoms with Gasteiger partial charge in [-0.15, -0.1) is 0 Å². The van der Waals surface area contributed by atoms with Crippen molar-refractivity contribution in [1.29, 1.82) is 0 Å². The van der Waals surface area contributed by atoms with Gasteiger partial charge in [0.2, 0.25) is 5.91 Å². The molecule has 8 nitrogen and oxygen atoms in total. The summed E-state index contributed by atoms with van der Waals surface area (Å²) < 4.78 is 5.46. The van der Waals surface area contributed by atoms with Gasteiger partial charge < -0.3 is 26.0 Å². The second-order valence-electron chi connectivity index (χ2n) is 6.61. The molecule has 3 rings (SSSR count). The van der Waals surface area contributed by atoms with Crippen LogP contribution >= 0.6 is 11.3 Å². The van der Waals surface area contributed by atoms with Gasteiger partial charge in [0.05, 0.1) is 6.10 Å². The molecule has 29 heavy (non-hydrogen) atoms. The average Bonchev–Trinajstić information content (AvgIpc) is 3.42. The zero-order chi connectivity index (χ0) is 20.5. The number of thiophene rings is 1. The molecule has 154 valence electrons. The minimum Gasteiger partial charge on any atom is -0.376 e. The Morgan fingerprint density at radius 2 is 1.79 bits per heavy atom. The molecule has 0 aliphatic carbocycles. The quantitative estimate of drug-likeness (QED) is 0.531. The Labute approximate surface area is 173 Å². The third-order valence-corrected chi connectivity index (χ3v) is 5.05. The molecule has 9 heteroatoms. The molecule has 1 aromatic heterocycles. The maximum absolute atomic E-state index is 12.0. The second-order valence-corrected chi connectivity index (χ2v) is 7.39. The molecule has 1 unspecified atom stereocenters. The van der Waals surface area contributed by atoms with Crippen molar-refractivity contribution in [3.63, 3.8) is 0 Å². The first-order valence-corrected chi connectivity index (χ1v) is 10.4. The summed E-state index contributed by atoms with van der Waals surface area (Å²) >= 11 is 1.45. The largest absolute Gasteiger partial charge is 0.376 e. The number of urea groups is 1. The molecule has 0 saturated carbocycles. The number of nitrogens with one attached hydrogen (secondary N) is 4. The summed E-state index contributed by atoms with van der Waals surface area (Å²) in [6, 6.07) is 8.27. The van der Waals surface area contributed by atoms with E-state index < -0.39 is 0 Å². The Morgan fingerprint density at radius 3 is 2.45 bits per heavy atom. The molecule has 0 bridgehead atoms. The predicted octanol–water partition coefficient (Wildman–Crippen LogP) is 2.81. The molecule has 0 radical (unpaired) electrons. The molecule has 4 amide bonds. The number of hydrogen-bond donors (Lipinski definition) is 4. The minimum absolute atomic E-state index is 0.0911. The first kappa shape index (κ1) is 20.8. The van der Waals surface area contributed by atoms with E-state index >= 15 is 0 Å². The maximum Gasteiger partial charge on any atom is 0.319 e. The standard InChI is InChI=1S/C20H24N4O4S/c25-18(7-9-21-19(26)14-8-11-29-13-14)23-15-3-5-16(6-4-15)24-20(27)22-12-17-2-1-10-28-17/h3-6,8,11,13,17H,1-2,7,9-10,12H2,(H,21,26)(H,23,25)(H2,22,24,27). The van der Waals surface area contributed by atoms with Gasteiger partial charge in [-0.3, -0.25) is 9.59 Å². The molecule has 4 N–H and O–H groups in total. The van der Waals surface area contributed by atoms with Gasteiger partial charge in [-0.25, -0.2) is 4.79 Å². The van der Waals surface area contributed by atoms with Crippen molar-refractivity contribution in [1.82, 2.24) is 10.6 Å². The fourth-order valence-electron chi connectivity index (χ4n) is 2.83. The number of anilines is 2. The monoisotopic (exact) mass is 416 g/mol. The third-order valence-electron chi connectivity index (χ3n) is 4.36. The Morgan fingerprint density at radius 1 is 1.03 bits per heavy atom. The topological polar surface area (TPSA) is 109 Å². The normalized spacial score (nSPS) is 15.5. The highest BCUT2D eigenvalue weighted by Gasteiger charge is 2.16. The van der Waals surface area contributed by atoms with Crippen LogP contribution in [0.5, 0.6) is 0 Å². The van der Waals surface area contributed by atoms with Crippen molar-refractivity contribution in [2.75, 3.05) is 30.3 Å². The van der Waals surface area contributed by atoms with Gasteiger partial charge in [0.15, 0.2) is 0 Å². The molecule has 2 aromatic rings. The number of benzene rings is 1. The first-order valence-electron chi connectivity index (χ1n) is 9.47. The molecular weight excluding hydrogens is 392 g/mol. The highest BCUT2D eigenvalue weighted by molar-refractivity contribution is 7.08. The van der Waals surface area contributed by atoms with Crippen LogP contribution in [-0.4, -0.2) is 43.6 Å². The lowest BCUT2D eigenvalue weighted by molar-refractivity contribution is -0.116. The van der Waals surface area contributed by atoms with Crippen molar-refractivity contribution >= 4 is 40.6 Å². The van der Waals surface area contributed by atoms with Crippen LogP contribution in [0.15, 0.2) is 41.1 Å². The molecule has 1 aliphatic rings. The number of amides is 4. The average molecular weight is 417 g/mol. The smallest absolute Gasteiger partial charge is 0.319 e. The summed E-state index contributed by atoms with van der Waals surface area (Å²) in [6.45, 7) is 1.50. The van der Waals surface area contributed by atoms with E-state index in [4.69, 9.17) is 4.74 Å². The molecule has 1 saturated heterocycles. The molecule has 2 heterocycles. The minimum atomic E-state index is -0.293. The van der Waals surface area contributed by atoms with Gasteiger partial charge in [-0.1, -0.05) is 0 Å². The van der Waals surface area contributed by atoms with E-state index in [1.807, 2.05) is 5.38 Å². The molecule has 0 spiro atoms. The number of carbonyl (C=O) groups excluding carboxylic acids is 3. The van der Waals surface area contributed by atoms with Gasteiger partial charge in [0.1, 0.15) is 0 Å². The molecule has 1 atom stereocenters. The summed E-state index contributed by atoms with van der Waals surface area (Å²) in [7, 11) is 0. The first-order chi connectivity index (χ1) is 14.1. The number of rotatable bonds is 8. The third kappa shape index (κ3) is 6.88. The van der Waals surface area contributed by atoms with Crippen LogP contribution in [0.25, 0.3) is 0 Å². The molecular formula is C20H24N4O4S. The Kier molecular flexibility index (Phi) is 7.60. The van der Waals surface area contributed by atoms with Crippen LogP contribution < -0.4 is 21.3 Å². The van der Waals surface area contributed by atoms with E-state index in [9.17, 15) is 14.4 Å². The van der Waals surface area contributed by atoms with Crippen molar-refractivity contribution in [2.45, 2.75) is 25.4 Å². The lowest BCUT2D eigenvalue weighted by Gasteiger charge is -2.12. The summed E-state index contributed by atoms with van der Waals surface area (Å²) in [6.07, 6.45) is 2.25. The van der Waals surface area contributed by atoms with E-state index in [2.05, 4.69) is 21.3 Å². The summed E-state index contributed by atoms with van der Waals surface area (Å²) in [5.41, 5.74) is 1.83. The number of carbonyl (C=O) groups is 3. The van der Waals surface area contributed by atoms with Gasteiger partial charge >= 0.3 is 6.03 Å². The Balaban J connectivity index is 1.35. The van der Waals surface area contributed by atoms with E-state index in [-0.39, 0.29) is 36.9 Å². The van der Waals surface area contributed by atoms with Crippen LogP contribution in [0.1, 0.15) is 29.6 Å². The molecule has 1 fully saturated rings. The maximum atomic E-state index is 12.0. The van der Waals surface area contributed by atoms with E-state index in [0.717, 1.165) is 19.4 Å². The van der Waals surface area contributed by atoms with Gasteiger partial charge in [0, 0.05) is 48.4 Å². The number of hydrogen-bond acceptors (Lipinski definition) is 5. The number of ether oxygens (including phenoxy) is 1. The van der Waals surface area contributed by atoms with Crippen LogP contribution in [-0.2, 0) is 9.53 Å².